The third kappa shape index (κ3) is 3.11. The molecule has 2 aromatic rings. The molecule has 3 rings (SSSR count). The molecule has 0 aliphatic carbocycles. The summed E-state index contributed by atoms with van der Waals surface area (Å²) in [6, 6.07) is 12.5. The predicted octanol–water partition coefficient (Wildman–Crippen LogP) is 3.75. The van der Waals surface area contributed by atoms with E-state index in [4.69, 9.17) is 21.1 Å². The second kappa shape index (κ2) is 6.06. The molecular formula is C16H14ClNO3. The molecule has 0 saturated carbocycles. The van der Waals surface area contributed by atoms with E-state index in [0.29, 0.717) is 35.3 Å². The van der Waals surface area contributed by atoms with Gasteiger partial charge in [-0.25, -0.2) is 0 Å². The van der Waals surface area contributed by atoms with Gasteiger partial charge in [0, 0.05) is 17.7 Å². The number of benzene rings is 2. The molecule has 0 fully saturated rings. The van der Waals surface area contributed by atoms with Gasteiger partial charge in [-0.15, -0.1) is 0 Å². The zero-order valence-corrected chi connectivity index (χ0v) is 12.0. The van der Waals surface area contributed by atoms with Crippen LogP contribution in [0, 0.1) is 0 Å². The smallest absolute Gasteiger partial charge is 0.255 e. The van der Waals surface area contributed by atoms with Crippen molar-refractivity contribution in [3.63, 3.8) is 0 Å². The summed E-state index contributed by atoms with van der Waals surface area (Å²) >= 11 is 6.18. The molecule has 2 aromatic carbocycles. The number of carbonyl (C=O) groups excluding carboxylic acids is 1. The first kappa shape index (κ1) is 13.8. The van der Waals surface area contributed by atoms with Crippen molar-refractivity contribution in [2.45, 2.75) is 6.42 Å². The minimum Gasteiger partial charge on any atom is -0.489 e. The summed E-state index contributed by atoms with van der Waals surface area (Å²) in [4.78, 5) is 12.3. The molecule has 0 bridgehead atoms. The van der Waals surface area contributed by atoms with E-state index >= 15 is 0 Å². The highest BCUT2D eigenvalue weighted by Crippen LogP contribution is 2.38. The van der Waals surface area contributed by atoms with Crippen LogP contribution in [0.3, 0.4) is 0 Å². The Morgan fingerprint density at radius 3 is 2.67 bits per heavy atom. The Hall–Kier alpha value is -2.20. The van der Waals surface area contributed by atoms with Crippen LogP contribution in [0.2, 0.25) is 5.02 Å². The molecule has 0 saturated heterocycles. The van der Waals surface area contributed by atoms with Gasteiger partial charge in [0.15, 0.2) is 11.5 Å². The van der Waals surface area contributed by atoms with Crippen molar-refractivity contribution in [3.8, 4) is 11.5 Å². The highest BCUT2D eigenvalue weighted by molar-refractivity contribution is 6.32. The first-order valence-electron chi connectivity index (χ1n) is 6.69. The van der Waals surface area contributed by atoms with Crippen molar-refractivity contribution in [2.24, 2.45) is 0 Å². The van der Waals surface area contributed by atoms with Gasteiger partial charge >= 0.3 is 0 Å². The van der Waals surface area contributed by atoms with Crippen LogP contribution >= 0.6 is 11.6 Å². The largest absolute Gasteiger partial charge is 0.489 e. The second-order valence-corrected chi connectivity index (χ2v) is 5.06. The number of ether oxygens (including phenoxy) is 2. The Balaban J connectivity index is 1.87. The van der Waals surface area contributed by atoms with Gasteiger partial charge in [0.25, 0.3) is 5.91 Å². The number of para-hydroxylation sites is 1. The van der Waals surface area contributed by atoms with Crippen LogP contribution in [0.4, 0.5) is 5.69 Å². The summed E-state index contributed by atoms with van der Waals surface area (Å²) in [6.07, 6.45) is 0.788. The lowest BCUT2D eigenvalue weighted by Crippen LogP contribution is -2.12. The van der Waals surface area contributed by atoms with Crippen LogP contribution in [-0.4, -0.2) is 19.1 Å². The summed E-state index contributed by atoms with van der Waals surface area (Å²) in [5.41, 5.74) is 1.17. The number of halogens is 1. The van der Waals surface area contributed by atoms with Crippen molar-refractivity contribution in [1.29, 1.82) is 0 Å². The maximum absolute atomic E-state index is 12.3. The molecule has 1 amide bonds. The van der Waals surface area contributed by atoms with Crippen LogP contribution in [-0.2, 0) is 0 Å². The number of amides is 1. The van der Waals surface area contributed by atoms with E-state index in [2.05, 4.69) is 5.32 Å². The van der Waals surface area contributed by atoms with Gasteiger partial charge in [-0.1, -0.05) is 29.8 Å². The lowest BCUT2D eigenvalue weighted by Gasteiger charge is -2.11. The minimum absolute atomic E-state index is 0.237. The van der Waals surface area contributed by atoms with Crippen molar-refractivity contribution >= 4 is 23.2 Å². The molecule has 0 aromatic heterocycles. The lowest BCUT2D eigenvalue weighted by molar-refractivity contribution is 0.102. The number of rotatable bonds is 2. The highest BCUT2D eigenvalue weighted by Gasteiger charge is 2.18. The zero-order chi connectivity index (χ0) is 14.7. The Bertz CT molecular complexity index is 658. The van der Waals surface area contributed by atoms with Gasteiger partial charge in [-0.05, 0) is 24.3 Å². The molecule has 1 aliphatic rings. The first-order valence-corrected chi connectivity index (χ1v) is 7.07. The molecule has 4 nitrogen and oxygen atoms in total. The first-order chi connectivity index (χ1) is 10.2. The van der Waals surface area contributed by atoms with E-state index in [1.807, 2.05) is 30.3 Å². The van der Waals surface area contributed by atoms with E-state index in [1.54, 1.807) is 12.1 Å². The molecule has 0 unspecified atom stereocenters. The quantitative estimate of drug-likeness (QED) is 0.919. The fourth-order valence-corrected chi connectivity index (χ4v) is 2.35. The van der Waals surface area contributed by atoms with E-state index in [1.165, 1.54) is 0 Å². The van der Waals surface area contributed by atoms with Gasteiger partial charge in [-0.3, -0.25) is 4.79 Å². The predicted molar refractivity (Wildman–Crippen MR) is 81.5 cm³/mol. The van der Waals surface area contributed by atoms with Crippen LogP contribution in [0.1, 0.15) is 16.8 Å². The summed E-state index contributed by atoms with van der Waals surface area (Å²) < 4.78 is 11.1. The van der Waals surface area contributed by atoms with Crippen LogP contribution in [0.25, 0.3) is 0 Å². The van der Waals surface area contributed by atoms with E-state index < -0.39 is 0 Å². The van der Waals surface area contributed by atoms with Gasteiger partial charge < -0.3 is 14.8 Å². The standard InChI is InChI=1S/C16H14ClNO3/c17-13-9-11(10-14-15(13)21-8-4-7-20-14)16(19)18-12-5-2-1-3-6-12/h1-3,5-6,9-10H,4,7-8H2,(H,18,19). The summed E-state index contributed by atoms with van der Waals surface area (Å²) in [7, 11) is 0. The average molecular weight is 304 g/mol. The highest BCUT2D eigenvalue weighted by atomic mass is 35.5. The zero-order valence-electron chi connectivity index (χ0n) is 11.3. The third-order valence-corrected chi connectivity index (χ3v) is 3.38. The maximum atomic E-state index is 12.3. The summed E-state index contributed by atoms with van der Waals surface area (Å²) in [6.45, 7) is 1.11. The van der Waals surface area contributed by atoms with Gasteiger partial charge in [0.1, 0.15) is 0 Å². The minimum atomic E-state index is -0.237. The summed E-state index contributed by atoms with van der Waals surface area (Å²) in [5.74, 6) is 0.780. The fourth-order valence-electron chi connectivity index (χ4n) is 2.09. The molecule has 0 atom stereocenters. The topological polar surface area (TPSA) is 47.6 Å². The van der Waals surface area contributed by atoms with Crippen molar-refractivity contribution in [2.75, 3.05) is 18.5 Å². The second-order valence-electron chi connectivity index (χ2n) is 4.66. The molecule has 0 radical (unpaired) electrons. The average Bonchev–Trinajstić information content (AvgIpc) is 2.74. The maximum Gasteiger partial charge on any atom is 0.255 e. The van der Waals surface area contributed by atoms with Gasteiger partial charge in [0.05, 0.1) is 18.2 Å². The van der Waals surface area contributed by atoms with Gasteiger partial charge in [-0.2, -0.15) is 0 Å². The Kier molecular flexibility index (Phi) is 3.97. The molecule has 1 N–H and O–H groups in total. The molecule has 5 heteroatoms. The third-order valence-electron chi connectivity index (χ3n) is 3.10. The Morgan fingerprint density at radius 2 is 1.86 bits per heavy atom. The molecule has 108 valence electrons. The molecule has 21 heavy (non-hydrogen) atoms. The Morgan fingerprint density at radius 1 is 1.10 bits per heavy atom. The monoisotopic (exact) mass is 303 g/mol. The lowest BCUT2D eigenvalue weighted by atomic mass is 10.1. The van der Waals surface area contributed by atoms with Gasteiger partial charge in [0.2, 0.25) is 0 Å². The fraction of sp³-hybridized carbons (Fsp3) is 0.188. The summed E-state index contributed by atoms with van der Waals surface area (Å²) in [5, 5.41) is 3.20. The SMILES string of the molecule is O=C(Nc1ccccc1)c1cc(Cl)c2c(c1)OCCCO2. The van der Waals surface area contributed by atoms with E-state index in [0.717, 1.165) is 12.1 Å². The van der Waals surface area contributed by atoms with Crippen molar-refractivity contribution in [3.05, 3.63) is 53.1 Å². The van der Waals surface area contributed by atoms with Crippen LogP contribution in [0.15, 0.2) is 42.5 Å². The molecular weight excluding hydrogens is 290 g/mol. The molecule has 1 aliphatic heterocycles. The molecule has 1 heterocycles. The number of nitrogens with one attached hydrogen (secondary N) is 1. The number of anilines is 1. The van der Waals surface area contributed by atoms with Crippen LogP contribution < -0.4 is 14.8 Å². The number of carbonyl (C=O) groups is 1. The van der Waals surface area contributed by atoms with E-state index in [-0.39, 0.29) is 5.91 Å². The number of hydrogen-bond acceptors (Lipinski definition) is 3. The van der Waals surface area contributed by atoms with Crippen LogP contribution in [0.5, 0.6) is 11.5 Å². The van der Waals surface area contributed by atoms with E-state index in [9.17, 15) is 4.79 Å². The van der Waals surface area contributed by atoms with Crippen molar-refractivity contribution in [1.82, 2.24) is 0 Å². The number of fused-ring (bicyclic) bond motifs is 1. The normalized spacial score (nSPS) is 13.4. The Labute approximate surface area is 127 Å². The molecule has 0 spiro atoms. The number of hydrogen-bond donors (Lipinski definition) is 1. The van der Waals surface area contributed by atoms with Crippen molar-refractivity contribution < 1.29 is 14.3 Å².